The third-order valence-electron chi connectivity index (χ3n) is 5.45. The van der Waals surface area contributed by atoms with Gasteiger partial charge in [0.05, 0.1) is 21.5 Å². The molecule has 3 aromatic rings. The van der Waals surface area contributed by atoms with Gasteiger partial charge in [0.2, 0.25) is 6.23 Å². The standard InChI is InChI=1S/C23H21BrClFN2OS/c1-23(2,3)10-20-27-11-19(30-20)22-28-16-5-4-14(25)6-12(16)7-17(28)21-15(26)8-13(24)9-18(21)29-22/h4-6,8-9,11,17,22H,7,10H2,1-3H3. The molecule has 30 heavy (non-hydrogen) atoms. The number of thiazole rings is 1. The zero-order chi connectivity index (χ0) is 21.2. The average Bonchev–Trinajstić information content (AvgIpc) is 3.22. The summed E-state index contributed by atoms with van der Waals surface area (Å²) in [5.74, 6) is 0.322. The van der Waals surface area contributed by atoms with E-state index in [9.17, 15) is 0 Å². The van der Waals surface area contributed by atoms with Gasteiger partial charge in [-0.2, -0.15) is 0 Å². The van der Waals surface area contributed by atoms with Crippen molar-refractivity contribution in [2.45, 2.75) is 45.9 Å². The highest BCUT2D eigenvalue weighted by Gasteiger charge is 2.44. The Hall–Kier alpha value is -1.63. The molecule has 2 unspecified atom stereocenters. The van der Waals surface area contributed by atoms with Crippen LogP contribution in [0.2, 0.25) is 5.02 Å². The van der Waals surface area contributed by atoms with Crippen LogP contribution in [0, 0.1) is 11.2 Å². The van der Waals surface area contributed by atoms with Gasteiger partial charge in [-0.1, -0.05) is 48.3 Å². The first-order chi connectivity index (χ1) is 14.2. The normalized spacial score (nSPS) is 19.9. The van der Waals surface area contributed by atoms with Crippen molar-refractivity contribution in [1.82, 2.24) is 4.98 Å². The molecular weight excluding hydrogens is 487 g/mol. The summed E-state index contributed by atoms with van der Waals surface area (Å²) in [5.41, 5.74) is 2.90. The summed E-state index contributed by atoms with van der Waals surface area (Å²) in [6, 6.07) is 9.08. The smallest absolute Gasteiger partial charge is 0.210 e. The van der Waals surface area contributed by atoms with Crippen molar-refractivity contribution < 1.29 is 9.13 Å². The van der Waals surface area contributed by atoms with Crippen molar-refractivity contribution in [1.29, 1.82) is 0 Å². The van der Waals surface area contributed by atoms with Gasteiger partial charge in [-0.05, 0) is 47.7 Å². The maximum atomic E-state index is 15.0. The number of ether oxygens (including phenoxy) is 1. The Kier molecular flexibility index (Phi) is 4.88. The van der Waals surface area contributed by atoms with E-state index in [1.807, 2.05) is 30.5 Å². The Morgan fingerprint density at radius 1 is 1.30 bits per heavy atom. The Morgan fingerprint density at radius 3 is 2.87 bits per heavy atom. The zero-order valence-electron chi connectivity index (χ0n) is 16.9. The molecule has 0 amide bonds. The van der Waals surface area contributed by atoms with Crippen molar-refractivity contribution >= 4 is 44.6 Å². The number of fused-ring (bicyclic) bond motifs is 5. The number of anilines is 1. The lowest BCUT2D eigenvalue weighted by Gasteiger charge is -2.40. The average molecular weight is 508 g/mol. The van der Waals surface area contributed by atoms with Crippen LogP contribution in [0.5, 0.6) is 5.75 Å². The number of halogens is 3. The number of rotatable bonds is 2. The molecule has 0 saturated carbocycles. The SMILES string of the molecule is CC(C)(C)Cc1ncc(C2Oc3cc(Br)cc(F)c3C3Cc4cc(Cl)ccc4N32)s1. The van der Waals surface area contributed by atoms with Crippen molar-refractivity contribution in [3.63, 3.8) is 0 Å². The van der Waals surface area contributed by atoms with E-state index in [2.05, 4.69) is 46.6 Å². The lowest BCUT2D eigenvalue weighted by Crippen LogP contribution is -2.37. The van der Waals surface area contributed by atoms with Crippen LogP contribution in [-0.4, -0.2) is 4.98 Å². The fourth-order valence-electron chi connectivity index (χ4n) is 4.30. The van der Waals surface area contributed by atoms with Crippen molar-refractivity contribution in [2.24, 2.45) is 5.41 Å². The molecule has 2 atom stereocenters. The molecule has 0 radical (unpaired) electrons. The van der Waals surface area contributed by atoms with Gasteiger partial charge < -0.3 is 9.64 Å². The van der Waals surface area contributed by atoms with Gasteiger partial charge in [0.25, 0.3) is 0 Å². The second kappa shape index (κ2) is 7.21. The molecule has 0 aliphatic carbocycles. The van der Waals surface area contributed by atoms with Gasteiger partial charge in [0, 0.05) is 27.8 Å². The van der Waals surface area contributed by atoms with E-state index in [0.717, 1.165) is 27.6 Å². The fourth-order valence-corrected chi connectivity index (χ4v) is 6.16. The van der Waals surface area contributed by atoms with Crippen LogP contribution in [0.15, 0.2) is 41.0 Å². The summed E-state index contributed by atoms with van der Waals surface area (Å²) in [6.45, 7) is 6.62. The Bertz CT molecular complexity index is 1140. The highest BCUT2D eigenvalue weighted by molar-refractivity contribution is 9.10. The van der Waals surface area contributed by atoms with Crippen LogP contribution < -0.4 is 9.64 Å². The third-order valence-corrected chi connectivity index (χ3v) is 7.17. The van der Waals surface area contributed by atoms with Crippen LogP contribution >= 0.6 is 38.9 Å². The molecule has 2 aromatic carbocycles. The Morgan fingerprint density at radius 2 is 2.10 bits per heavy atom. The Balaban J connectivity index is 1.62. The largest absolute Gasteiger partial charge is 0.465 e. The molecule has 2 aliphatic rings. The van der Waals surface area contributed by atoms with Crippen molar-refractivity contribution in [2.75, 3.05) is 4.90 Å². The summed E-state index contributed by atoms with van der Waals surface area (Å²) in [5, 5.41) is 1.77. The maximum absolute atomic E-state index is 15.0. The number of aromatic nitrogens is 1. The van der Waals surface area contributed by atoms with Crippen LogP contribution in [0.1, 0.15) is 54.1 Å². The van der Waals surface area contributed by atoms with Gasteiger partial charge >= 0.3 is 0 Å². The molecule has 3 nitrogen and oxygen atoms in total. The van der Waals surface area contributed by atoms with Crippen LogP contribution in [-0.2, 0) is 12.8 Å². The lowest BCUT2D eigenvalue weighted by molar-refractivity contribution is 0.167. The maximum Gasteiger partial charge on any atom is 0.210 e. The van der Waals surface area contributed by atoms with E-state index in [4.69, 9.17) is 16.3 Å². The zero-order valence-corrected chi connectivity index (χ0v) is 20.0. The fraction of sp³-hybridized carbons (Fsp3) is 0.348. The van der Waals surface area contributed by atoms with Gasteiger partial charge in [0.15, 0.2) is 0 Å². The van der Waals surface area contributed by atoms with E-state index >= 15 is 4.39 Å². The molecule has 0 fully saturated rings. The molecule has 0 saturated heterocycles. The summed E-state index contributed by atoms with van der Waals surface area (Å²) < 4.78 is 22.1. The Labute approximate surface area is 193 Å². The second-order valence-corrected chi connectivity index (χ2v) is 11.6. The summed E-state index contributed by atoms with van der Waals surface area (Å²) in [6.07, 6.45) is 3.14. The van der Waals surface area contributed by atoms with E-state index in [1.54, 1.807) is 11.3 Å². The number of hydrogen-bond acceptors (Lipinski definition) is 4. The molecule has 1 aromatic heterocycles. The molecule has 7 heteroatoms. The highest BCUT2D eigenvalue weighted by Crippen LogP contribution is 2.53. The van der Waals surface area contributed by atoms with Gasteiger partial charge in [-0.15, -0.1) is 11.3 Å². The van der Waals surface area contributed by atoms with E-state index in [1.165, 1.54) is 6.07 Å². The predicted molar refractivity (Wildman–Crippen MR) is 123 cm³/mol. The van der Waals surface area contributed by atoms with Crippen LogP contribution in [0.25, 0.3) is 0 Å². The third kappa shape index (κ3) is 3.53. The van der Waals surface area contributed by atoms with Crippen molar-refractivity contribution in [3.8, 4) is 5.75 Å². The number of nitrogens with zero attached hydrogens (tertiary/aromatic N) is 2. The number of benzene rings is 2. The monoisotopic (exact) mass is 506 g/mol. The summed E-state index contributed by atoms with van der Waals surface area (Å²) in [7, 11) is 0. The minimum absolute atomic E-state index is 0.145. The van der Waals surface area contributed by atoms with Crippen molar-refractivity contribution in [3.05, 3.63) is 72.9 Å². The first-order valence-electron chi connectivity index (χ1n) is 9.86. The first kappa shape index (κ1) is 20.3. The molecule has 156 valence electrons. The summed E-state index contributed by atoms with van der Waals surface area (Å²) >= 11 is 11.3. The van der Waals surface area contributed by atoms with Gasteiger partial charge in [0.1, 0.15) is 11.6 Å². The van der Waals surface area contributed by atoms with Gasteiger partial charge in [-0.25, -0.2) is 9.37 Å². The molecule has 5 rings (SSSR count). The molecule has 2 aliphatic heterocycles. The minimum atomic E-state index is -0.357. The summed E-state index contributed by atoms with van der Waals surface area (Å²) in [4.78, 5) is 7.86. The highest BCUT2D eigenvalue weighted by atomic mass is 79.9. The number of hydrogen-bond donors (Lipinski definition) is 0. The molecule has 0 spiro atoms. The van der Waals surface area contributed by atoms with E-state index in [-0.39, 0.29) is 23.5 Å². The van der Waals surface area contributed by atoms with Crippen LogP contribution in [0.4, 0.5) is 10.1 Å². The topological polar surface area (TPSA) is 25.4 Å². The molecular formula is C23H21BrClFN2OS. The van der Waals surface area contributed by atoms with E-state index < -0.39 is 0 Å². The molecule has 0 N–H and O–H groups in total. The predicted octanol–water partition coefficient (Wildman–Crippen LogP) is 7.48. The first-order valence-corrected chi connectivity index (χ1v) is 11.9. The van der Waals surface area contributed by atoms with E-state index in [0.29, 0.717) is 27.2 Å². The van der Waals surface area contributed by atoms with Gasteiger partial charge in [-0.3, -0.25) is 0 Å². The lowest BCUT2D eigenvalue weighted by atomic mass is 9.93. The second-order valence-electron chi connectivity index (χ2n) is 9.06. The molecule has 3 heterocycles. The minimum Gasteiger partial charge on any atom is -0.465 e. The quantitative estimate of drug-likeness (QED) is 0.359. The van der Waals surface area contributed by atoms with Crippen LogP contribution in [0.3, 0.4) is 0 Å². The molecule has 0 bridgehead atoms.